The molecular formula is C21H18N2O6S2. The molecule has 0 bridgehead atoms. The van der Waals surface area contributed by atoms with Crippen LogP contribution >= 0.6 is 24.0 Å². The molecule has 8 nitrogen and oxygen atoms in total. The van der Waals surface area contributed by atoms with E-state index < -0.39 is 17.8 Å². The van der Waals surface area contributed by atoms with Crippen LogP contribution in [0.3, 0.4) is 0 Å². The van der Waals surface area contributed by atoms with Crippen LogP contribution in [0.1, 0.15) is 22.3 Å². The summed E-state index contributed by atoms with van der Waals surface area (Å²) in [7, 11) is 1.46. The second-order valence-corrected chi connectivity index (χ2v) is 7.90. The molecule has 0 unspecified atom stereocenters. The van der Waals surface area contributed by atoms with Crippen LogP contribution in [0, 0.1) is 0 Å². The fourth-order valence-electron chi connectivity index (χ4n) is 2.61. The lowest BCUT2D eigenvalue weighted by Crippen LogP contribution is -2.44. The number of carboxylic acids is 1. The van der Waals surface area contributed by atoms with Crippen molar-refractivity contribution in [2.45, 2.75) is 6.42 Å². The average molecular weight is 459 g/mol. The number of benzene rings is 2. The van der Waals surface area contributed by atoms with E-state index in [1.54, 1.807) is 54.6 Å². The van der Waals surface area contributed by atoms with Gasteiger partial charge in [-0.2, -0.15) is 5.01 Å². The second kappa shape index (κ2) is 10.1. The van der Waals surface area contributed by atoms with Gasteiger partial charge >= 0.3 is 5.97 Å². The van der Waals surface area contributed by atoms with Gasteiger partial charge < -0.3 is 14.6 Å². The minimum Gasteiger partial charge on any atom is -0.493 e. The maximum atomic E-state index is 12.7. The number of nitrogens with zero attached hydrogens (tertiary/aromatic N) is 1. The van der Waals surface area contributed by atoms with Gasteiger partial charge in [0.15, 0.2) is 15.8 Å². The van der Waals surface area contributed by atoms with Crippen molar-refractivity contribution in [2.75, 3.05) is 13.7 Å². The van der Waals surface area contributed by atoms with Gasteiger partial charge in [0.1, 0.15) is 0 Å². The van der Waals surface area contributed by atoms with E-state index in [0.29, 0.717) is 27.5 Å². The highest BCUT2D eigenvalue weighted by molar-refractivity contribution is 8.26. The number of thioether (sulfide) groups is 1. The van der Waals surface area contributed by atoms with Gasteiger partial charge in [0.25, 0.3) is 11.8 Å². The number of hydrazine groups is 1. The molecule has 3 rings (SSSR count). The second-order valence-electron chi connectivity index (χ2n) is 6.23. The van der Waals surface area contributed by atoms with Crippen LogP contribution in [0.5, 0.6) is 11.5 Å². The lowest BCUT2D eigenvalue weighted by Gasteiger charge is -2.15. The largest absolute Gasteiger partial charge is 0.493 e. The normalized spacial score (nSPS) is 14.6. The minimum atomic E-state index is -0.961. The van der Waals surface area contributed by atoms with Crippen molar-refractivity contribution < 1.29 is 29.0 Å². The molecule has 2 N–H and O–H groups in total. The van der Waals surface area contributed by atoms with E-state index in [1.165, 1.54) is 7.11 Å². The maximum absolute atomic E-state index is 12.7. The van der Waals surface area contributed by atoms with E-state index in [4.69, 9.17) is 26.8 Å². The van der Waals surface area contributed by atoms with Crippen LogP contribution in [0.15, 0.2) is 53.4 Å². The number of nitrogens with one attached hydrogen (secondary N) is 1. The first-order valence-corrected chi connectivity index (χ1v) is 10.3. The fourth-order valence-corrected chi connectivity index (χ4v) is 3.79. The van der Waals surface area contributed by atoms with Gasteiger partial charge in [-0.05, 0) is 48.1 Å². The lowest BCUT2D eigenvalue weighted by atomic mass is 10.2. The van der Waals surface area contributed by atoms with E-state index in [0.717, 1.165) is 16.8 Å². The van der Waals surface area contributed by atoms with Crippen LogP contribution in [-0.2, 0) is 9.59 Å². The zero-order valence-electron chi connectivity index (χ0n) is 16.4. The maximum Gasteiger partial charge on any atom is 0.306 e. The number of carbonyl (C=O) groups excluding carboxylic acids is 2. The molecule has 0 saturated carbocycles. The van der Waals surface area contributed by atoms with Crippen LogP contribution in [0.2, 0.25) is 0 Å². The number of thiocarbonyl (C=S) groups is 1. The van der Waals surface area contributed by atoms with Crippen molar-refractivity contribution in [2.24, 2.45) is 0 Å². The lowest BCUT2D eigenvalue weighted by molar-refractivity contribution is -0.137. The molecule has 0 aliphatic carbocycles. The summed E-state index contributed by atoms with van der Waals surface area (Å²) < 4.78 is 10.9. The summed E-state index contributed by atoms with van der Waals surface area (Å²) >= 11 is 6.30. The smallest absolute Gasteiger partial charge is 0.306 e. The van der Waals surface area contributed by atoms with Crippen LogP contribution in [0.25, 0.3) is 6.08 Å². The number of rotatable bonds is 8. The Labute approximate surface area is 187 Å². The molecule has 1 fully saturated rings. The molecule has 31 heavy (non-hydrogen) atoms. The highest BCUT2D eigenvalue weighted by atomic mass is 32.2. The first kappa shape index (κ1) is 22.3. The Morgan fingerprint density at radius 2 is 1.94 bits per heavy atom. The average Bonchev–Trinajstić information content (AvgIpc) is 3.02. The van der Waals surface area contributed by atoms with Crippen molar-refractivity contribution in [3.05, 3.63) is 64.6 Å². The number of carboxylic acid groups (broad SMARTS) is 1. The quantitative estimate of drug-likeness (QED) is 0.459. The van der Waals surface area contributed by atoms with Gasteiger partial charge in [0, 0.05) is 5.56 Å². The molecule has 1 saturated heterocycles. The molecule has 1 aliphatic rings. The first-order chi connectivity index (χ1) is 14.9. The molecule has 2 aromatic carbocycles. The Morgan fingerprint density at radius 3 is 2.61 bits per heavy atom. The molecule has 2 aromatic rings. The molecule has 1 heterocycles. The molecule has 2 amide bonds. The van der Waals surface area contributed by atoms with Crippen molar-refractivity contribution in [1.82, 2.24) is 10.4 Å². The Kier molecular flexibility index (Phi) is 7.27. The highest BCUT2D eigenvalue weighted by Crippen LogP contribution is 2.34. The number of carbonyl (C=O) groups is 3. The third-order valence-electron chi connectivity index (χ3n) is 4.10. The summed E-state index contributed by atoms with van der Waals surface area (Å²) in [5, 5.41) is 9.76. The monoisotopic (exact) mass is 458 g/mol. The number of hydrogen-bond acceptors (Lipinski definition) is 7. The van der Waals surface area contributed by atoms with Crippen molar-refractivity contribution in [3.8, 4) is 11.5 Å². The van der Waals surface area contributed by atoms with Crippen molar-refractivity contribution >= 4 is 52.2 Å². The molecule has 0 spiro atoms. The Bertz CT molecular complexity index is 1060. The van der Waals surface area contributed by atoms with E-state index in [1.807, 2.05) is 0 Å². The topological polar surface area (TPSA) is 105 Å². The predicted octanol–water partition coefficient (Wildman–Crippen LogP) is 3.09. The third-order valence-corrected chi connectivity index (χ3v) is 5.40. The molecule has 1 aliphatic heterocycles. The van der Waals surface area contributed by atoms with E-state index in [9.17, 15) is 14.4 Å². The van der Waals surface area contributed by atoms with Gasteiger partial charge in [-0.3, -0.25) is 19.8 Å². The summed E-state index contributed by atoms with van der Waals surface area (Å²) in [5.41, 5.74) is 3.58. The van der Waals surface area contributed by atoms with Gasteiger partial charge in [-0.1, -0.05) is 36.0 Å². The Morgan fingerprint density at radius 1 is 1.19 bits per heavy atom. The number of aliphatic carboxylic acids is 1. The Balaban J connectivity index is 1.73. The minimum absolute atomic E-state index is 0.00477. The molecule has 0 atom stereocenters. The number of methoxy groups -OCH3 is 1. The zero-order chi connectivity index (χ0) is 22.4. The fraction of sp³-hybridized carbons (Fsp3) is 0.143. The predicted molar refractivity (Wildman–Crippen MR) is 120 cm³/mol. The third kappa shape index (κ3) is 5.62. The highest BCUT2D eigenvalue weighted by Gasteiger charge is 2.33. The molecule has 10 heteroatoms. The molecular weight excluding hydrogens is 440 g/mol. The number of ether oxygens (including phenoxy) is 2. The molecule has 0 aromatic heterocycles. The summed E-state index contributed by atoms with van der Waals surface area (Å²) in [6.45, 7) is 0.00477. The van der Waals surface area contributed by atoms with Gasteiger partial charge in [-0.15, -0.1) is 0 Å². The summed E-state index contributed by atoms with van der Waals surface area (Å²) in [6.07, 6.45) is 1.49. The number of amides is 2. The van der Waals surface area contributed by atoms with Gasteiger partial charge in [0.05, 0.1) is 25.0 Å². The van der Waals surface area contributed by atoms with Gasteiger partial charge in [-0.25, -0.2) is 0 Å². The van der Waals surface area contributed by atoms with Crippen LogP contribution in [-0.4, -0.2) is 45.9 Å². The summed E-state index contributed by atoms with van der Waals surface area (Å²) in [6, 6.07) is 13.5. The van der Waals surface area contributed by atoms with Crippen LogP contribution in [0.4, 0.5) is 0 Å². The zero-order valence-corrected chi connectivity index (χ0v) is 18.0. The van der Waals surface area contributed by atoms with E-state index >= 15 is 0 Å². The Hall–Kier alpha value is -3.37. The van der Waals surface area contributed by atoms with E-state index in [-0.39, 0.29) is 17.3 Å². The molecule has 0 radical (unpaired) electrons. The van der Waals surface area contributed by atoms with Crippen LogP contribution < -0.4 is 14.9 Å². The summed E-state index contributed by atoms with van der Waals surface area (Å²) in [4.78, 5) is 36.0. The standard InChI is InChI=1S/C21H18N2O6S2/c1-28-16-11-13(7-8-15(16)29-10-9-18(24)25)12-17-20(27)23(21(30)31-17)22-19(26)14-5-3-2-4-6-14/h2-8,11-12H,9-10H2,1H3,(H,22,26)(H,24,25)/b17-12+. The first-order valence-electron chi connectivity index (χ1n) is 9.05. The van der Waals surface area contributed by atoms with E-state index in [2.05, 4.69) is 5.43 Å². The van der Waals surface area contributed by atoms with Crippen molar-refractivity contribution in [1.29, 1.82) is 0 Å². The SMILES string of the molecule is COc1cc(/C=C2/SC(=S)N(NC(=O)c3ccccc3)C2=O)ccc1OCCC(=O)O. The molecule has 160 valence electrons. The van der Waals surface area contributed by atoms with Gasteiger partial charge in [0.2, 0.25) is 0 Å². The number of hydrogen-bond donors (Lipinski definition) is 2. The van der Waals surface area contributed by atoms with Crippen molar-refractivity contribution in [3.63, 3.8) is 0 Å². The summed E-state index contributed by atoms with van der Waals surface area (Å²) in [5.74, 6) is -1.06.